The Morgan fingerprint density at radius 2 is 1.69 bits per heavy atom. The number of aryl methyl sites for hydroxylation is 2. The van der Waals surface area contributed by atoms with E-state index in [0.717, 1.165) is 48.6 Å². The highest BCUT2D eigenvalue weighted by atomic mass is 16.2. The van der Waals surface area contributed by atoms with Crippen molar-refractivity contribution < 1.29 is 4.79 Å². The average molecular weight is 345 g/mol. The summed E-state index contributed by atoms with van der Waals surface area (Å²) in [6, 6.07) is 18.2. The van der Waals surface area contributed by atoms with Gasteiger partial charge in [-0.15, -0.1) is 0 Å². The second-order valence-electron chi connectivity index (χ2n) is 6.97. The maximum atomic E-state index is 12.7. The SMILES string of the molecule is Cc1cccc(C(=O)N2CCN(c3nc4ccccc4cc3C)CC2)c1. The molecule has 1 saturated heterocycles. The van der Waals surface area contributed by atoms with Crippen LogP contribution >= 0.6 is 0 Å². The van der Waals surface area contributed by atoms with Crippen molar-refractivity contribution in [3.63, 3.8) is 0 Å². The Kier molecular flexibility index (Phi) is 4.33. The molecule has 0 radical (unpaired) electrons. The van der Waals surface area contributed by atoms with Crippen LogP contribution in [-0.2, 0) is 0 Å². The summed E-state index contributed by atoms with van der Waals surface area (Å²) in [4.78, 5) is 21.8. The first-order valence-corrected chi connectivity index (χ1v) is 9.09. The van der Waals surface area contributed by atoms with Gasteiger partial charge in [0.1, 0.15) is 5.82 Å². The van der Waals surface area contributed by atoms with Gasteiger partial charge < -0.3 is 9.80 Å². The fraction of sp³-hybridized carbons (Fsp3) is 0.273. The number of para-hydroxylation sites is 1. The lowest BCUT2D eigenvalue weighted by Crippen LogP contribution is -2.49. The zero-order valence-electron chi connectivity index (χ0n) is 15.3. The number of anilines is 1. The van der Waals surface area contributed by atoms with Crippen molar-refractivity contribution in [3.8, 4) is 0 Å². The third-order valence-electron chi connectivity index (χ3n) is 5.02. The molecule has 0 N–H and O–H groups in total. The maximum Gasteiger partial charge on any atom is 0.253 e. The van der Waals surface area contributed by atoms with Crippen molar-refractivity contribution in [3.05, 3.63) is 71.3 Å². The highest BCUT2D eigenvalue weighted by Crippen LogP contribution is 2.24. The fourth-order valence-corrected chi connectivity index (χ4v) is 3.61. The molecule has 0 aliphatic carbocycles. The molecular weight excluding hydrogens is 322 g/mol. The number of piperazine rings is 1. The zero-order valence-corrected chi connectivity index (χ0v) is 15.3. The standard InChI is InChI=1S/C22H23N3O/c1-16-6-5-8-19(14-16)22(26)25-12-10-24(11-13-25)21-17(2)15-18-7-3-4-9-20(18)23-21/h3-9,14-15H,10-13H2,1-2H3. The summed E-state index contributed by atoms with van der Waals surface area (Å²) in [5, 5.41) is 1.17. The number of carbonyl (C=O) groups is 1. The minimum Gasteiger partial charge on any atom is -0.353 e. The van der Waals surface area contributed by atoms with Gasteiger partial charge >= 0.3 is 0 Å². The average Bonchev–Trinajstić information content (AvgIpc) is 2.67. The van der Waals surface area contributed by atoms with Crippen LogP contribution in [0.4, 0.5) is 5.82 Å². The first-order valence-electron chi connectivity index (χ1n) is 9.09. The van der Waals surface area contributed by atoms with Gasteiger partial charge in [-0.2, -0.15) is 0 Å². The van der Waals surface area contributed by atoms with E-state index in [4.69, 9.17) is 4.98 Å². The lowest BCUT2D eigenvalue weighted by Gasteiger charge is -2.36. The predicted molar refractivity (Wildman–Crippen MR) is 106 cm³/mol. The minimum absolute atomic E-state index is 0.122. The van der Waals surface area contributed by atoms with Crippen LogP contribution in [0.3, 0.4) is 0 Å². The number of hydrogen-bond acceptors (Lipinski definition) is 3. The van der Waals surface area contributed by atoms with Gasteiger partial charge in [-0.25, -0.2) is 4.98 Å². The van der Waals surface area contributed by atoms with Crippen molar-refractivity contribution in [2.45, 2.75) is 13.8 Å². The molecule has 0 saturated carbocycles. The molecule has 0 bridgehead atoms. The van der Waals surface area contributed by atoms with Gasteiger partial charge in [-0.3, -0.25) is 4.79 Å². The maximum absolute atomic E-state index is 12.7. The number of benzene rings is 2. The Morgan fingerprint density at radius 1 is 0.923 bits per heavy atom. The van der Waals surface area contributed by atoms with Gasteiger partial charge in [0.15, 0.2) is 0 Å². The molecular formula is C22H23N3O. The molecule has 1 aromatic heterocycles. The molecule has 3 aromatic rings. The van der Waals surface area contributed by atoms with Crippen LogP contribution in [0.1, 0.15) is 21.5 Å². The summed E-state index contributed by atoms with van der Waals surface area (Å²) >= 11 is 0. The van der Waals surface area contributed by atoms with Gasteiger partial charge in [0.2, 0.25) is 0 Å². The van der Waals surface area contributed by atoms with E-state index in [0.29, 0.717) is 0 Å². The van der Waals surface area contributed by atoms with Crippen LogP contribution in [0.15, 0.2) is 54.6 Å². The summed E-state index contributed by atoms with van der Waals surface area (Å²) in [6.07, 6.45) is 0. The second kappa shape index (κ2) is 6.79. The Balaban J connectivity index is 1.50. The smallest absolute Gasteiger partial charge is 0.253 e. The quantitative estimate of drug-likeness (QED) is 0.708. The van der Waals surface area contributed by atoms with Gasteiger partial charge in [0.25, 0.3) is 5.91 Å². The van der Waals surface area contributed by atoms with E-state index in [-0.39, 0.29) is 5.91 Å². The zero-order chi connectivity index (χ0) is 18.1. The number of hydrogen-bond donors (Lipinski definition) is 0. The van der Waals surface area contributed by atoms with Crippen LogP contribution in [0.25, 0.3) is 10.9 Å². The van der Waals surface area contributed by atoms with E-state index in [9.17, 15) is 4.79 Å². The summed E-state index contributed by atoms with van der Waals surface area (Å²) in [7, 11) is 0. The number of rotatable bonds is 2. The van der Waals surface area contributed by atoms with Gasteiger partial charge in [-0.05, 0) is 43.7 Å². The van der Waals surface area contributed by atoms with Crippen molar-refractivity contribution >= 4 is 22.6 Å². The Bertz CT molecular complexity index is 959. The van der Waals surface area contributed by atoms with E-state index in [1.807, 2.05) is 48.2 Å². The van der Waals surface area contributed by atoms with E-state index in [2.05, 4.69) is 30.0 Å². The van der Waals surface area contributed by atoms with Crippen LogP contribution in [0.5, 0.6) is 0 Å². The molecule has 1 amide bonds. The number of amides is 1. The summed E-state index contributed by atoms with van der Waals surface area (Å²) in [6.45, 7) is 7.19. The van der Waals surface area contributed by atoms with Crippen molar-refractivity contribution in [1.29, 1.82) is 0 Å². The van der Waals surface area contributed by atoms with Gasteiger partial charge in [-0.1, -0.05) is 35.9 Å². The van der Waals surface area contributed by atoms with Crippen LogP contribution in [0, 0.1) is 13.8 Å². The molecule has 4 nitrogen and oxygen atoms in total. The molecule has 0 unspecified atom stereocenters. The number of nitrogens with zero attached hydrogens (tertiary/aromatic N) is 3. The first-order chi connectivity index (χ1) is 12.6. The normalized spacial score (nSPS) is 14.7. The monoisotopic (exact) mass is 345 g/mol. The Morgan fingerprint density at radius 3 is 2.46 bits per heavy atom. The highest BCUT2D eigenvalue weighted by Gasteiger charge is 2.23. The van der Waals surface area contributed by atoms with Crippen LogP contribution < -0.4 is 4.90 Å². The Hall–Kier alpha value is -2.88. The predicted octanol–water partition coefficient (Wildman–Crippen LogP) is 3.81. The molecule has 1 aliphatic rings. The molecule has 0 spiro atoms. The number of pyridine rings is 1. The molecule has 2 heterocycles. The molecule has 4 rings (SSSR count). The van der Waals surface area contributed by atoms with Gasteiger partial charge in [0.05, 0.1) is 5.52 Å². The molecule has 2 aromatic carbocycles. The number of aromatic nitrogens is 1. The first kappa shape index (κ1) is 16.6. The van der Waals surface area contributed by atoms with Crippen molar-refractivity contribution in [1.82, 2.24) is 9.88 Å². The third kappa shape index (κ3) is 3.15. The lowest BCUT2D eigenvalue weighted by molar-refractivity contribution is 0.0746. The van der Waals surface area contributed by atoms with E-state index < -0.39 is 0 Å². The van der Waals surface area contributed by atoms with Crippen LogP contribution in [0.2, 0.25) is 0 Å². The number of fused-ring (bicyclic) bond motifs is 1. The summed E-state index contributed by atoms with van der Waals surface area (Å²) in [5.74, 6) is 1.16. The van der Waals surface area contributed by atoms with Gasteiger partial charge in [0, 0.05) is 37.1 Å². The Labute approximate surface area is 154 Å². The lowest BCUT2D eigenvalue weighted by atomic mass is 10.1. The third-order valence-corrected chi connectivity index (χ3v) is 5.02. The summed E-state index contributed by atoms with van der Waals surface area (Å²) in [5.41, 5.74) is 4.09. The largest absolute Gasteiger partial charge is 0.353 e. The topological polar surface area (TPSA) is 36.4 Å². The fourth-order valence-electron chi connectivity index (χ4n) is 3.61. The van der Waals surface area contributed by atoms with Crippen molar-refractivity contribution in [2.24, 2.45) is 0 Å². The van der Waals surface area contributed by atoms with E-state index in [1.54, 1.807) is 0 Å². The molecule has 26 heavy (non-hydrogen) atoms. The minimum atomic E-state index is 0.122. The molecule has 4 heteroatoms. The number of carbonyl (C=O) groups excluding carboxylic acids is 1. The highest BCUT2D eigenvalue weighted by molar-refractivity contribution is 5.94. The molecule has 1 aliphatic heterocycles. The second-order valence-corrected chi connectivity index (χ2v) is 6.97. The van der Waals surface area contributed by atoms with E-state index in [1.165, 1.54) is 10.9 Å². The summed E-state index contributed by atoms with van der Waals surface area (Å²) < 4.78 is 0. The molecule has 0 atom stereocenters. The molecule has 132 valence electrons. The van der Waals surface area contributed by atoms with Crippen LogP contribution in [-0.4, -0.2) is 42.0 Å². The van der Waals surface area contributed by atoms with E-state index >= 15 is 0 Å². The van der Waals surface area contributed by atoms with Crippen molar-refractivity contribution in [2.75, 3.05) is 31.1 Å². The molecule has 1 fully saturated rings.